The van der Waals surface area contributed by atoms with E-state index in [1.807, 2.05) is 12.4 Å². The van der Waals surface area contributed by atoms with Gasteiger partial charge in [0.15, 0.2) is 0 Å². The Bertz CT molecular complexity index is 434. The summed E-state index contributed by atoms with van der Waals surface area (Å²) in [5, 5.41) is 3.57. The minimum atomic E-state index is 0.137. The predicted octanol–water partition coefficient (Wildman–Crippen LogP) is 3.45. The molecule has 112 valence electrons. The number of aromatic nitrogens is 1. The number of nitrogens with zero attached hydrogens (tertiary/aromatic N) is 2. The molecule has 0 spiro atoms. The molecular weight excluding hydrogens is 246 g/mol. The lowest BCUT2D eigenvalue weighted by Gasteiger charge is -2.25. The largest absolute Gasteiger partial charge is 0.371 e. The van der Waals surface area contributed by atoms with Crippen LogP contribution in [0.25, 0.3) is 0 Å². The number of rotatable bonds is 4. The summed E-state index contributed by atoms with van der Waals surface area (Å²) >= 11 is 0. The zero-order valence-corrected chi connectivity index (χ0v) is 13.6. The van der Waals surface area contributed by atoms with Crippen molar-refractivity contribution in [2.45, 2.75) is 53.1 Å². The molecule has 0 bridgehead atoms. The van der Waals surface area contributed by atoms with Crippen LogP contribution in [0.5, 0.6) is 0 Å². The van der Waals surface area contributed by atoms with Crippen LogP contribution in [0, 0.1) is 11.8 Å². The Balaban J connectivity index is 2.08. The Morgan fingerprint density at radius 2 is 2.15 bits per heavy atom. The summed E-state index contributed by atoms with van der Waals surface area (Å²) in [6.45, 7) is 14.5. The first-order chi connectivity index (χ1) is 9.37. The maximum atomic E-state index is 4.30. The third kappa shape index (κ3) is 3.95. The lowest BCUT2D eigenvalue weighted by molar-refractivity contribution is 0.421. The normalized spacial score (nSPS) is 19.9. The molecule has 2 heterocycles. The molecule has 1 aliphatic rings. The Labute approximate surface area is 123 Å². The van der Waals surface area contributed by atoms with Crippen LogP contribution in [0.3, 0.4) is 0 Å². The van der Waals surface area contributed by atoms with E-state index in [0.717, 1.165) is 18.4 Å². The fraction of sp³-hybridized carbons (Fsp3) is 0.706. The van der Waals surface area contributed by atoms with Crippen LogP contribution in [-0.2, 0) is 6.54 Å². The monoisotopic (exact) mass is 275 g/mol. The van der Waals surface area contributed by atoms with Crippen LogP contribution in [0.4, 0.5) is 5.69 Å². The van der Waals surface area contributed by atoms with Gasteiger partial charge in [-0.05, 0) is 45.1 Å². The van der Waals surface area contributed by atoms with E-state index in [9.17, 15) is 0 Å². The molecule has 3 nitrogen and oxygen atoms in total. The average Bonchev–Trinajstić information content (AvgIpc) is 2.85. The molecule has 0 aromatic carbocycles. The fourth-order valence-corrected chi connectivity index (χ4v) is 2.78. The van der Waals surface area contributed by atoms with Crippen LogP contribution >= 0.6 is 0 Å². The Morgan fingerprint density at radius 3 is 2.75 bits per heavy atom. The molecular formula is C17H29N3. The molecule has 0 saturated carbocycles. The van der Waals surface area contributed by atoms with Crippen molar-refractivity contribution in [2.24, 2.45) is 11.8 Å². The van der Waals surface area contributed by atoms with Gasteiger partial charge in [-0.15, -0.1) is 0 Å². The first kappa shape index (κ1) is 15.3. The van der Waals surface area contributed by atoms with Gasteiger partial charge < -0.3 is 10.2 Å². The molecule has 1 N–H and O–H groups in total. The molecule has 2 rings (SSSR count). The molecule has 1 unspecified atom stereocenters. The van der Waals surface area contributed by atoms with Crippen LogP contribution in [0.1, 0.15) is 46.6 Å². The molecule has 1 saturated heterocycles. The zero-order valence-electron chi connectivity index (χ0n) is 13.6. The summed E-state index contributed by atoms with van der Waals surface area (Å²) in [6, 6.07) is 2.17. The van der Waals surface area contributed by atoms with Gasteiger partial charge >= 0.3 is 0 Å². The topological polar surface area (TPSA) is 28.2 Å². The third-order valence-corrected chi connectivity index (χ3v) is 4.20. The van der Waals surface area contributed by atoms with Gasteiger partial charge in [0.2, 0.25) is 0 Å². The lowest BCUT2D eigenvalue weighted by atomic mass is 9.95. The second-order valence-corrected chi connectivity index (χ2v) is 7.35. The van der Waals surface area contributed by atoms with Gasteiger partial charge in [-0.1, -0.05) is 13.8 Å². The van der Waals surface area contributed by atoms with Crippen molar-refractivity contribution < 1.29 is 0 Å². The summed E-state index contributed by atoms with van der Waals surface area (Å²) in [5.41, 5.74) is 2.81. The molecule has 20 heavy (non-hydrogen) atoms. The van der Waals surface area contributed by atoms with Gasteiger partial charge in [-0.25, -0.2) is 0 Å². The SMILES string of the molecule is CC(C)C1CCN(c2ccncc2CNC(C)(C)C)C1. The van der Waals surface area contributed by atoms with Crippen molar-refractivity contribution in [3.05, 3.63) is 24.0 Å². The Morgan fingerprint density at radius 1 is 1.40 bits per heavy atom. The van der Waals surface area contributed by atoms with Crippen LogP contribution < -0.4 is 10.2 Å². The molecule has 1 aromatic rings. The first-order valence-electron chi connectivity index (χ1n) is 7.79. The van der Waals surface area contributed by atoms with Gasteiger partial charge in [0.25, 0.3) is 0 Å². The number of pyridine rings is 1. The molecule has 1 atom stereocenters. The Hall–Kier alpha value is -1.09. The summed E-state index contributed by atoms with van der Waals surface area (Å²) in [5.74, 6) is 1.60. The van der Waals surface area contributed by atoms with Crippen LogP contribution in [0.15, 0.2) is 18.5 Å². The minimum Gasteiger partial charge on any atom is -0.371 e. The smallest absolute Gasteiger partial charge is 0.0442 e. The highest BCUT2D eigenvalue weighted by molar-refractivity contribution is 5.53. The van der Waals surface area contributed by atoms with E-state index < -0.39 is 0 Å². The van der Waals surface area contributed by atoms with E-state index in [4.69, 9.17) is 0 Å². The average molecular weight is 275 g/mol. The highest BCUT2D eigenvalue weighted by Crippen LogP contribution is 2.30. The maximum absolute atomic E-state index is 4.30. The van der Waals surface area contributed by atoms with Crippen molar-refractivity contribution in [1.82, 2.24) is 10.3 Å². The van der Waals surface area contributed by atoms with Gasteiger partial charge in [0, 0.05) is 48.8 Å². The van der Waals surface area contributed by atoms with Crippen LogP contribution in [0.2, 0.25) is 0 Å². The molecule has 1 aliphatic heterocycles. The van der Waals surface area contributed by atoms with Gasteiger partial charge in [-0.3, -0.25) is 4.98 Å². The number of hydrogen-bond donors (Lipinski definition) is 1. The number of nitrogens with one attached hydrogen (secondary N) is 1. The highest BCUT2D eigenvalue weighted by atomic mass is 15.2. The quantitative estimate of drug-likeness (QED) is 0.912. The van der Waals surface area contributed by atoms with E-state index in [0.29, 0.717) is 0 Å². The molecule has 0 aliphatic carbocycles. The predicted molar refractivity (Wildman–Crippen MR) is 86.0 cm³/mol. The van der Waals surface area contributed by atoms with E-state index in [1.165, 1.54) is 30.8 Å². The summed E-state index contributed by atoms with van der Waals surface area (Å²) in [7, 11) is 0. The van der Waals surface area contributed by atoms with Crippen molar-refractivity contribution in [3.8, 4) is 0 Å². The highest BCUT2D eigenvalue weighted by Gasteiger charge is 2.26. The fourth-order valence-electron chi connectivity index (χ4n) is 2.78. The van der Waals surface area contributed by atoms with E-state index in [1.54, 1.807) is 0 Å². The third-order valence-electron chi connectivity index (χ3n) is 4.20. The lowest BCUT2D eigenvalue weighted by Crippen LogP contribution is -2.35. The van der Waals surface area contributed by atoms with Crippen molar-refractivity contribution in [2.75, 3.05) is 18.0 Å². The van der Waals surface area contributed by atoms with Crippen molar-refractivity contribution in [3.63, 3.8) is 0 Å². The van der Waals surface area contributed by atoms with Crippen molar-refractivity contribution in [1.29, 1.82) is 0 Å². The molecule has 0 radical (unpaired) electrons. The van der Waals surface area contributed by atoms with Gasteiger partial charge in [-0.2, -0.15) is 0 Å². The molecule has 1 aromatic heterocycles. The molecule has 1 fully saturated rings. The van der Waals surface area contributed by atoms with E-state index in [2.05, 4.69) is 55.9 Å². The standard InChI is InChI=1S/C17H29N3/c1-13(2)14-7-9-20(12-14)16-6-8-18-10-15(16)11-19-17(3,4)5/h6,8,10,13-14,19H,7,9,11-12H2,1-5H3. The van der Waals surface area contributed by atoms with Gasteiger partial charge in [0.1, 0.15) is 0 Å². The summed E-state index contributed by atoms with van der Waals surface area (Å²) < 4.78 is 0. The second kappa shape index (κ2) is 6.13. The zero-order chi connectivity index (χ0) is 14.8. The number of anilines is 1. The van der Waals surface area contributed by atoms with E-state index in [-0.39, 0.29) is 5.54 Å². The van der Waals surface area contributed by atoms with Crippen molar-refractivity contribution >= 4 is 5.69 Å². The number of hydrogen-bond acceptors (Lipinski definition) is 3. The first-order valence-corrected chi connectivity index (χ1v) is 7.79. The molecule has 0 amide bonds. The van der Waals surface area contributed by atoms with Gasteiger partial charge in [0.05, 0.1) is 0 Å². The van der Waals surface area contributed by atoms with E-state index >= 15 is 0 Å². The minimum absolute atomic E-state index is 0.137. The summed E-state index contributed by atoms with van der Waals surface area (Å²) in [6.07, 6.45) is 5.24. The molecule has 3 heteroatoms. The second-order valence-electron chi connectivity index (χ2n) is 7.35. The Kier molecular flexibility index (Phi) is 4.69. The van der Waals surface area contributed by atoms with Crippen LogP contribution in [-0.4, -0.2) is 23.6 Å². The summed E-state index contributed by atoms with van der Waals surface area (Å²) in [4.78, 5) is 6.84. The maximum Gasteiger partial charge on any atom is 0.0442 e.